The number of hydrogen-bond acceptors (Lipinski definition) is 7. The van der Waals surface area contributed by atoms with Gasteiger partial charge >= 0.3 is 5.97 Å². The molecule has 10 heteroatoms. The molecule has 0 spiro atoms. The van der Waals surface area contributed by atoms with Crippen LogP contribution in [0.25, 0.3) is 10.8 Å². The van der Waals surface area contributed by atoms with Gasteiger partial charge in [-0.2, -0.15) is 5.10 Å². The minimum atomic E-state index is -3.38. The number of carbonyl (C=O) groups is 2. The van der Waals surface area contributed by atoms with Crippen LogP contribution in [0.5, 0.6) is 0 Å². The molecule has 1 aliphatic rings. The predicted molar refractivity (Wildman–Crippen MR) is 132 cm³/mol. The fourth-order valence-electron chi connectivity index (χ4n) is 4.13. The summed E-state index contributed by atoms with van der Waals surface area (Å²) in [4.78, 5) is 38.4. The molecular weight excluding hydrogens is 470 g/mol. The van der Waals surface area contributed by atoms with Crippen LogP contribution >= 0.6 is 0 Å². The summed E-state index contributed by atoms with van der Waals surface area (Å²) in [5.41, 5.74) is 1.34. The number of anilines is 1. The lowest BCUT2D eigenvalue weighted by atomic mass is 10.1. The predicted octanol–water partition coefficient (Wildman–Crippen LogP) is 2.80. The first-order valence-corrected chi connectivity index (χ1v) is 13.1. The maximum absolute atomic E-state index is 12.9. The second kappa shape index (κ2) is 9.61. The zero-order valence-corrected chi connectivity index (χ0v) is 20.7. The SMILES string of the molecule is CCS(=O)(=O)N1CCc2cc(C(=O)COC(=O)c3nn(CC(C)C)c(=O)c4ccccc34)ccc21. The van der Waals surface area contributed by atoms with Crippen LogP contribution in [-0.2, 0) is 27.7 Å². The first kappa shape index (κ1) is 24.6. The first-order valence-electron chi connectivity index (χ1n) is 11.5. The second-order valence-electron chi connectivity index (χ2n) is 8.84. The molecule has 0 aliphatic carbocycles. The molecule has 4 rings (SSSR count). The van der Waals surface area contributed by atoms with E-state index < -0.39 is 28.4 Å². The summed E-state index contributed by atoms with van der Waals surface area (Å²) in [6.07, 6.45) is 0.503. The molecule has 2 aromatic carbocycles. The van der Waals surface area contributed by atoms with Gasteiger partial charge in [-0.3, -0.25) is 13.9 Å². The third-order valence-electron chi connectivity index (χ3n) is 5.89. The van der Waals surface area contributed by atoms with Crippen molar-refractivity contribution in [1.82, 2.24) is 9.78 Å². The average molecular weight is 498 g/mol. The van der Waals surface area contributed by atoms with Crippen LogP contribution < -0.4 is 9.86 Å². The Morgan fingerprint density at radius 1 is 1.11 bits per heavy atom. The summed E-state index contributed by atoms with van der Waals surface area (Å²) in [6.45, 7) is 5.63. The van der Waals surface area contributed by atoms with Crippen LogP contribution in [0.1, 0.15) is 47.2 Å². The van der Waals surface area contributed by atoms with E-state index in [0.717, 1.165) is 5.56 Å². The molecule has 9 nitrogen and oxygen atoms in total. The number of nitrogens with zero attached hydrogens (tertiary/aromatic N) is 3. The lowest BCUT2D eigenvalue weighted by Crippen LogP contribution is -2.30. The number of Topliss-reactive ketones (excluding diaryl/α,β-unsaturated/α-hetero) is 1. The number of sulfonamides is 1. The smallest absolute Gasteiger partial charge is 0.359 e. The standard InChI is InChI=1S/C25H27N3O6S/c1-4-35(32,33)28-12-11-17-13-18(9-10-21(17)28)22(29)15-34-25(31)23-19-7-5-6-8-20(19)24(30)27(26-23)14-16(2)3/h5-10,13,16H,4,11-12,14-15H2,1-3H3. The molecule has 1 aliphatic heterocycles. The molecule has 3 aromatic rings. The molecule has 0 fully saturated rings. The highest BCUT2D eigenvalue weighted by Gasteiger charge is 2.29. The molecule has 35 heavy (non-hydrogen) atoms. The van der Waals surface area contributed by atoms with E-state index in [0.29, 0.717) is 41.5 Å². The number of hydrogen-bond donors (Lipinski definition) is 0. The normalized spacial score (nSPS) is 13.3. The van der Waals surface area contributed by atoms with Crippen molar-refractivity contribution in [3.8, 4) is 0 Å². The van der Waals surface area contributed by atoms with Gasteiger partial charge in [0.05, 0.1) is 16.8 Å². The summed E-state index contributed by atoms with van der Waals surface area (Å²) < 4.78 is 32.4. The zero-order valence-electron chi connectivity index (χ0n) is 19.9. The molecule has 184 valence electrons. The fourth-order valence-corrected chi connectivity index (χ4v) is 5.29. The highest BCUT2D eigenvalue weighted by Crippen LogP contribution is 2.31. The third kappa shape index (κ3) is 4.84. The topological polar surface area (TPSA) is 116 Å². The number of carbonyl (C=O) groups excluding carboxylic acids is 2. The van der Waals surface area contributed by atoms with E-state index in [1.54, 1.807) is 43.3 Å². The maximum Gasteiger partial charge on any atom is 0.359 e. The van der Waals surface area contributed by atoms with Crippen molar-refractivity contribution in [2.45, 2.75) is 33.7 Å². The molecule has 0 radical (unpaired) electrons. The van der Waals surface area contributed by atoms with Crippen LogP contribution in [0.4, 0.5) is 5.69 Å². The van der Waals surface area contributed by atoms with Gasteiger partial charge in [0.15, 0.2) is 18.1 Å². The van der Waals surface area contributed by atoms with Crippen LogP contribution in [0.15, 0.2) is 47.3 Å². The van der Waals surface area contributed by atoms with Crippen molar-refractivity contribution in [3.63, 3.8) is 0 Å². The Kier molecular flexibility index (Phi) is 6.75. The van der Waals surface area contributed by atoms with E-state index in [-0.39, 0.29) is 22.9 Å². The molecule has 0 amide bonds. The largest absolute Gasteiger partial charge is 0.452 e. The van der Waals surface area contributed by atoms with Gasteiger partial charge in [-0.05, 0) is 49.1 Å². The third-order valence-corrected chi connectivity index (χ3v) is 7.67. The van der Waals surface area contributed by atoms with Crippen molar-refractivity contribution in [1.29, 1.82) is 0 Å². The van der Waals surface area contributed by atoms with Gasteiger partial charge in [-0.1, -0.05) is 32.0 Å². The molecular formula is C25H27N3O6S. The zero-order chi connectivity index (χ0) is 25.3. The molecule has 0 atom stereocenters. The Hall–Kier alpha value is -3.53. The fraction of sp³-hybridized carbons (Fsp3) is 0.360. The summed E-state index contributed by atoms with van der Waals surface area (Å²) in [5, 5.41) is 4.95. The number of ether oxygens (including phenoxy) is 1. The minimum absolute atomic E-state index is 0.00369. The van der Waals surface area contributed by atoms with Crippen LogP contribution in [0.3, 0.4) is 0 Å². The molecule has 0 N–H and O–H groups in total. The van der Waals surface area contributed by atoms with E-state index in [4.69, 9.17) is 4.74 Å². The minimum Gasteiger partial charge on any atom is -0.452 e. The number of rotatable bonds is 8. The summed E-state index contributed by atoms with van der Waals surface area (Å²) >= 11 is 0. The van der Waals surface area contributed by atoms with Crippen LogP contribution in [-0.4, -0.2) is 48.9 Å². The van der Waals surface area contributed by atoms with Gasteiger partial charge in [0, 0.05) is 24.0 Å². The van der Waals surface area contributed by atoms with Gasteiger partial charge in [0.25, 0.3) is 5.56 Å². The molecule has 0 saturated heterocycles. The highest BCUT2D eigenvalue weighted by molar-refractivity contribution is 7.92. The van der Waals surface area contributed by atoms with Gasteiger partial charge < -0.3 is 4.74 Å². The van der Waals surface area contributed by atoms with E-state index in [9.17, 15) is 22.8 Å². The first-order chi connectivity index (χ1) is 16.6. The number of aromatic nitrogens is 2. The van der Waals surface area contributed by atoms with Gasteiger partial charge in [-0.15, -0.1) is 0 Å². The summed E-state index contributed by atoms with van der Waals surface area (Å²) in [7, 11) is -3.38. The average Bonchev–Trinajstić information content (AvgIpc) is 3.28. The molecule has 2 heterocycles. The Morgan fingerprint density at radius 3 is 2.51 bits per heavy atom. The van der Waals surface area contributed by atoms with Crippen LogP contribution in [0.2, 0.25) is 0 Å². The number of esters is 1. The Labute approximate surface area is 203 Å². The van der Waals surface area contributed by atoms with E-state index in [1.165, 1.54) is 15.1 Å². The lowest BCUT2D eigenvalue weighted by Gasteiger charge is -2.18. The highest BCUT2D eigenvalue weighted by atomic mass is 32.2. The van der Waals surface area contributed by atoms with Gasteiger partial charge in [-0.25, -0.2) is 17.9 Å². The quantitative estimate of drug-likeness (QED) is 0.347. The molecule has 1 aromatic heterocycles. The van der Waals surface area contributed by atoms with E-state index in [1.807, 2.05) is 13.8 Å². The van der Waals surface area contributed by atoms with Crippen LogP contribution in [0, 0.1) is 5.92 Å². The molecule has 0 unspecified atom stereocenters. The van der Waals surface area contributed by atoms with Crippen molar-refractivity contribution in [2.24, 2.45) is 5.92 Å². The summed E-state index contributed by atoms with van der Waals surface area (Å²) in [5.74, 6) is -1.09. The Bertz CT molecular complexity index is 1480. The summed E-state index contributed by atoms with van der Waals surface area (Å²) in [6, 6.07) is 11.5. The van der Waals surface area contributed by atoms with Gasteiger partial charge in [0.2, 0.25) is 10.0 Å². The maximum atomic E-state index is 12.9. The lowest BCUT2D eigenvalue weighted by molar-refractivity contribution is 0.0468. The second-order valence-corrected chi connectivity index (χ2v) is 11.0. The number of benzene rings is 2. The van der Waals surface area contributed by atoms with E-state index in [2.05, 4.69) is 5.10 Å². The number of ketones is 1. The van der Waals surface area contributed by atoms with Crippen molar-refractivity contribution >= 4 is 38.2 Å². The molecule has 0 bridgehead atoms. The Morgan fingerprint density at radius 2 is 1.83 bits per heavy atom. The van der Waals surface area contributed by atoms with Crippen molar-refractivity contribution < 1.29 is 22.7 Å². The molecule has 0 saturated carbocycles. The monoisotopic (exact) mass is 497 g/mol. The van der Waals surface area contributed by atoms with E-state index >= 15 is 0 Å². The van der Waals surface area contributed by atoms with Crippen molar-refractivity contribution in [2.75, 3.05) is 23.2 Å². The Balaban J connectivity index is 1.54. The van der Waals surface area contributed by atoms with Crippen molar-refractivity contribution in [3.05, 3.63) is 69.6 Å². The van der Waals surface area contributed by atoms with Gasteiger partial charge in [0.1, 0.15) is 0 Å². The number of fused-ring (bicyclic) bond motifs is 2.